The first-order valence-corrected chi connectivity index (χ1v) is 8.03. The zero-order chi connectivity index (χ0) is 8.67. The molecule has 4 unspecified atom stereocenters. The monoisotopic (exact) mass is 214 g/mol. The highest BCUT2D eigenvalue weighted by molar-refractivity contribution is 8.77. The Balaban J connectivity index is 1.73. The van der Waals surface area contributed by atoms with Gasteiger partial charge in [-0.05, 0) is 43.9 Å². The molecule has 0 bridgehead atoms. The van der Waals surface area contributed by atoms with E-state index in [1.165, 1.54) is 25.7 Å². The molecule has 3 aliphatic rings. The quantitative estimate of drug-likeness (QED) is 0.557. The fraction of sp³-hybridized carbons (Fsp3) is 1.00. The standard InChI is InChI=1S/C11H18S2/c1-3-8-7-9-4-2-6-11(9)13-12-10(8)5-1/h8-11H,1-7H2. The van der Waals surface area contributed by atoms with Crippen LogP contribution in [-0.2, 0) is 0 Å². The lowest BCUT2D eigenvalue weighted by Gasteiger charge is -2.17. The highest BCUT2D eigenvalue weighted by atomic mass is 33.1. The third-order valence-electron chi connectivity index (χ3n) is 4.09. The van der Waals surface area contributed by atoms with Crippen molar-refractivity contribution < 1.29 is 0 Å². The number of hydrogen-bond acceptors (Lipinski definition) is 2. The van der Waals surface area contributed by atoms with E-state index in [1.807, 2.05) is 0 Å². The van der Waals surface area contributed by atoms with Gasteiger partial charge in [0.25, 0.3) is 0 Å². The molecule has 74 valence electrons. The molecule has 0 nitrogen and oxygen atoms in total. The predicted octanol–water partition coefficient (Wildman–Crippen LogP) is 4.11. The maximum Gasteiger partial charge on any atom is 0.0179 e. The predicted molar refractivity (Wildman–Crippen MR) is 62.1 cm³/mol. The van der Waals surface area contributed by atoms with Gasteiger partial charge in [0.15, 0.2) is 0 Å². The van der Waals surface area contributed by atoms with Crippen molar-refractivity contribution in [2.24, 2.45) is 11.8 Å². The summed E-state index contributed by atoms with van der Waals surface area (Å²) in [6.07, 6.45) is 10.7. The smallest absolute Gasteiger partial charge is 0.0179 e. The molecule has 0 radical (unpaired) electrons. The molecular weight excluding hydrogens is 196 g/mol. The van der Waals surface area contributed by atoms with Crippen LogP contribution in [0.25, 0.3) is 0 Å². The second kappa shape index (κ2) is 3.69. The van der Waals surface area contributed by atoms with Crippen molar-refractivity contribution in [2.75, 3.05) is 0 Å². The van der Waals surface area contributed by atoms with Gasteiger partial charge >= 0.3 is 0 Å². The van der Waals surface area contributed by atoms with Crippen molar-refractivity contribution in [1.82, 2.24) is 0 Å². The van der Waals surface area contributed by atoms with Crippen molar-refractivity contribution in [2.45, 2.75) is 55.4 Å². The molecule has 3 fully saturated rings. The average molecular weight is 214 g/mol. The molecule has 4 atom stereocenters. The van der Waals surface area contributed by atoms with Gasteiger partial charge in [-0.3, -0.25) is 0 Å². The van der Waals surface area contributed by atoms with Gasteiger partial charge in [-0.15, -0.1) is 0 Å². The summed E-state index contributed by atoms with van der Waals surface area (Å²) in [6.45, 7) is 0. The Labute approximate surface area is 89.0 Å². The molecule has 13 heavy (non-hydrogen) atoms. The summed E-state index contributed by atoms with van der Waals surface area (Å²) in [4.78, 5) is 0. The second-order valence-electron chi connectivity index (χ2n) is 4.89. The Morgan fingerprint density at radius 3 is 1.77 bits per heavy atom. The Morgan fingerprint density at radius 2 is 1.23 bits per heavy atom. The largest absolute Gasteiger partial charge is 0.0901 e. The summed E-state index contributed by atoms with van der Waals surface area (Å²) in [5, 5.41) is 2.08. The molecule has 0 aromatic carbocycles. The van der Waals surface area contributed by atoms with Crippen LogP contribution in [0.4, 0.5) is 0 Å². The van der Waals surface area contributed by atoms with E-state index in [0.29, 0.717) is 0 Å². The van der Waals surface area contributed by atoms with E-state index >= 15 is 0 Å². The molecule has 3 rings (SSSR count). The Bertz CT molecular complexity index is 173. The molecule has 1 heterocycles. The summed E-state index contributed by atoms with van der Waals surface area (Å²) >= 11 is 0. The molecule has 0 aromatic heterocycles. The fourth-order valence-corrected chi connectivity index (χ4v) is 7.33. The average Bonchev–Trinajstić information content (AvgIpc) is 2.72. The summed E-state index contributed by atoms with van der Waals surface area (Å²) in [5.74, 6) is 2.20. The topological polar surface area (TPSA) is 0 Å². The maximum absolute atomic E-state index is 2.25. The van der Waals surface area contributed by atoms with Crippen molar-refractivity contribution >= 4 is 21.6 Å². The van der Waals surface area contributed by atoms with Crippen LogP contribution in [0.5, 0.6) is 0 Å². The molecule has 1 aliphatic heterocycles. The van der Waals surface area contributed by atoms with E-state index in [4.69, 9.17) is 0 Å². The molecule has 2 heteroatoms. The van der Waals surface area contributed by atoms with Crippen LogP contribution in [0, 0.1) is 11.8 Å². The van der Waals surface area contributed by atoms with Crippen LogP contribution < -0.4 is 0 Å². The van der Waals surface area contributed by atoms with Gasteiger partial charge in [0.05, 0.1) is 0 Å². The van der Waals surface area contributed by atoms with Gasteiger partial charge in [-0.2, -0.15) is 0 Å². The number of fused-ring (bicyclic) bond motifs is 2. The van der Waals surface area contributed by atoms with Crippen LogP contribution in [0.15, 0.2) is 0 Å². The molecule has 2 saturated carbocycles. The normalized spacial score (nSPS) is 49.8. The summed E-state index contributed by atoms with van der Waals surface area (Å²) in [6, 6.07) is 0. The summed E-state index contributed by atoms with van der Waals surface area (Å²) in [5.41, 5.74) is 0. The van der Waals surface area contributed by atoms with Crippen LogP contribution in [0.1, 0.15) is 44.9 Å². The van der Waals surface area contributed by atoms with Crippen LogP contribution in [0.2, 0.25) is 0 Å². The van der Waals surface area contributed by atoms with Gasteiger partial charge in [-0.1, -0.05) is 34.4 Å². The van der Waals surface area contributed by atoms with E-state index in [1.54, 1.807) is 19.3 Å². The van der Waals surface area contributed by atoms with Gasteiger partial charge in [0.1, 0.15) is 0 Å². The molecule has 0 amide bonds. The van der Waals surface area contributed by atoms with Gasteiger partial charge in [-0.25, -0.2) is 0 Å². The van der Waals surface area contributed by atoms with Gasteiger partial charge in [0, 0.05) is 10.5 Å². The lowest BCUT2D eigenvalue weighted by molar-refractivity contribution is 0.396. The lowest BCUT2D eigenvalue weighted by atomic mass is 9.92. The van der Waals surface area contributed by atoms with E-state index in [9.17, 15) is 0 Å². The van der Waals surface area contributed by atoms with Gasteiger partial charge < -0.3 is 0 Å². The van der Waals surface area contributed by atoms with E-state index in [-0.39, 0.29) is 0 Å². The van der Waals surface area contributed by atoms with Crippen LogP contribution >= 0.6 is 21.6 Å². The van der Waals surface area contributed by atoms with Crippen LogP contribution in [0.3, 0.4) is 0 Å². The highest BCUT2D eigenvalue weighted by Crippen LogP contribution is 2.54. The zero-order valence-electron chi connectivity index (χ0n) is 8.08. The van der Waals surface area contributed by atoms with E-state index in [0.717, 1.165) is 22.3 Å². The second-order valence-corrected chi connectivity index (χ2v) is 7.64. The molecule has 1 saturated heterocycles. The first kappa shape index (κ1) is 8.96. The Morgan fingerprint density at radius 1 is 0.692 bits per heavy atom. The Kier molecular flexibility index (Phi) is 2.55. The van der Waals surface area contributed by atoms with Crippen molar-refractivity contribution in [3.8, 4) is 0 Å². The summed E-state index contributed by atoms with van der Waals surface area (Å²) < 4.78 is 0. The van der Waals surface area contributed by atoms with Crippen molar-refractivity contribution in [3.05, 3.63) is 0 Å². The number of rotatable bonds is 0. The lowest BCUT2D eigenvalue weighted by Crippen LogP contribution is -2.13. The van der Waals surface area contributed by atoms with Crippen molar-refractivity contribution in [3.63, 3.8) is 0 Å². The molecule has 0 aromatic rings. The summed E-state index contributed by atoms with van der Waals surface area (Å²) in [7, 11) is 4.50. The fourth-order valence-electron chi connectivity index (χ4n) is 3.33. The Hall–Kier alpha value is 0.700. The first-order valence-electron chi connectivity index (χ1n) is 5.75. The maximum atomic E-state index is 2.25. The number of hydrogen-bond donors (Lipinski definition) is 0. The minimum Gasteiger partial charge on any atom is -0.0901 e. The minimum absolute atomic E-state index is 1.04. The zero-order valence-corrected chi connectivity index (χ0v) is 9.71. The molecule has 2 aliphatic carbocycles. The van der Waals surface area contributed by atoms with E-state index in [2.05, 4.69) is 21.6 Å². The third-order valence-corrected chi connectivity index (χ3v) is 7.75. The minimum atomic E-state index is 1.04. The molecule has 0 N–H and O–H groups in total. The first-order chi connectivity index (χ1) is 6.43. The van der Waals surface area contributed by atoms with Crippen molar-refractivity contribution in [1.29, 1.82) is 0 Å². The highest BCUT2D eigenvalue weighted by Gasteiger charge is 2.38. The van der Waals surface area contributed by atoms with E-state index < -0.39 is 0 Å². The molecular formula is C11H18S2. The van der Waals surface area contributed by atoms with Gasteiger partial charge in [0.2, 0.25) is 0 Å². The van der Waals surface area contributed by atoms with Crippen LogP contribution in [-0.4, -0.2) is 10.5 Å². The third kappa shape index (κ3) is 1.65. The SMILES string of the molecule is C1CC2CC3CCCC3SSC2C1. The molecule has 0 spiro atoms.